The minimum absolute atomic E-state index is 0.169. The van der Waals surface area contributed by atoms with E-state index >= 15 is 0 Å². The third-order valence-corrected chi connectivity index (χ3v) is 2.43. The average Bonchev–Trinajstić information content (AvgIpc) is 2.65. The maximum Gasteiger partial charge on any atom is 0.251 e. The standard InChI is InChI=1S/C10H14N2O3/c1-3-7-6-8(13)12-9(11-7)10(2)14-4-5-15-10/h6H,3-5H2,1-2H3,(H,11,12,13). The lowest BCUT2D eigenvalue weighted by Gasteiger charge is -2.20. The van der Waals surface area contributed by atoms with E-state index in [1.807, 2.05) is 6.92 Å². The van der Waals surface area contributed by atoms with Gasteiger partial charge in [0.15, 0.2) is 5.82 Å². The van der Waals surface area contributed by atoms with E-state index in [0.717, 1.165) is 5.69 Å². The Bertz CT molecular complexity index is 407. The van der Waals surface area contributed by atoms with Gasteiger partial charge in [-0.15, -0.1) is 0 Å². The van der Waals surface area contributed by atoms with Crippen molar-refractivity contribution in [2.75, 3.05) is 13.2 Å². The number of aromatic nitrogens is 2. The van der Waals surface area contributed by atoms with Crippen molar-refractivity contribution in [3.8, 4) is 0 Å². The van der Waals surface area contributed by atoms with Crippen LogP contribution >= 0.6 is 0 Å². The van der Waals surface area contributed by atoms with E-state index in [1.165, 1.54) is 6.07 Å². The molecule has 0 atom stereocenters. The van der Waals surface area contributed by atoms with Crippen molar-refractivity contribution in [3.05, 3.63) is 27.9 Å². The summed E-state index contributed by atoms with van der Waals surface area (Å²) in [5.74, 6) is -0.450. The molecule has 0 aliphatic carbocycles. The van der Waals surface area contributed by atoms with E-state index in [4.69, 9.17) is 9.47 Å². The second-order valence-corrected chi connectivity index (χ2v) is 3.58. The molecular weight excluding hydrogens is 196 g/mol. The molecule has 1 aromatic rings. The fraction of sp³-hybridized carbons (Fsp3) is 0.600. The zero-order valence-corrected chi connectivity index (χ0v) is 8.87. The summed E-state index contributed by atoms with van der Waals surface area (Å²) in [6, 6.07) is 1.49. The number of aryl methyl sites for hydroxylation is 1. The summed E-state index contributed by atoms with van der Waals surface area (Å²) in [6.45, 7) is 4.76. The van der Waals surface area contributed by atoms with Gasteiger partial charge in [0.05, 0.1) is 13.2 Å². The van der Waals surface area contributed by atoms with Crippen LogP contribution in [-0.2, 0) is 21.7 Å². The Kier molecular flexibility index (Phi) is 2.58. The van der Waals surface area contributed by atoms with Crippen molar-refractivity contribution in [3.63, 3.8) is 0 Å². The first kappa shape index (κ1) is 10.3. The highest BCUT2D eigenvalue weighted by atomic mass is 16.7. The monoisotopic (exact) mass is 210 g/mol. The number of nitrogens with zero attached hydrogens (tertiary/aromatic N) is 1. The predicted octanol–water partition coefficient (Wildman–Crippen LogP) is 0.552. The molecule has 5 heteroatoms. The van der Waals surface area contributed by atoms with Gasteiger partial charge in [0.2, 0.25) is 5.79 Å². The molecule has 82 valence electrons. The van der Waals surface area contributed by atoms with Crippen LogP contribution in [0.1, 0.15) is 25.4 Å². The van der Waals surface area contributed by atoms with Crippen molar-refractivity contribution in [1.82, 2.24) is 9.97 Å². The fourth-order valence-corrected chi connectivity index (χ4v) is 1.56. The van der Waals surface area contributed by atoms with E-state index in [0.29, 0.717) is 25.5 Å². The first-order chi connectivity index (χ1) is 7.14. The smallest absolute Gasteiger partial charge is 0.251 e. The molecule has 0 unspecified atom stereocenters. The molecule has 2 rings (SSSR count). The molecule has 1 aliphatic rings. The molecule has 1 N–H and O–H groups in total. The average molecular weight is 210 g/mol. The van der Waals surface area contributed by atoms with Crippen molar-refractivity contribution >= 4 is 0 Å². The van der Waals surface area contributed by atoms with Crippen LogP contribution in [0.2, 0.25) is 0 Å². The summed E-state index contributed by atoms with van der Waals surface area (Å²) >= 11 is 0. The summed E-state index contributed by atoms with van der Waals surface area (Å²) in [5, 5.41) is 0. The maximum absolute atomic E-state index is 11.4. The van der Waals surface area contributed by atoms with Gasteiger partial charge in [-0.05, 0) is 13.3 Å². The van der Waals surface area contributed by atoms with Gasteiger partial charge in [0.25, 0.3) is 5.56 Å². The van der Waals surface area contributed by atoms with Gasteiger partial charge in [-0.3, -0.25) is 4.79 Å². The molecule has 1 saturated heterocycles. The summed E-state index contributed by atoms with van der Waals surface area (Å²) < 4.78 is 10.9. The second-order valence-electron chi connectivity index (χ2n) is 3.58. The summed E-state index contributed by atoms with van der Waals surface area (Å²) in [4.78, 5) is 18.3. The van der Waals surface area contributed by atoms with Gasteiger partial charge < -0.3 is 14.5 Å². The molecule has 1 aliphatic heterocycles. The Labute approximate surface area is 87.4 Å². The lowest BCUT2D eigenvalue weighted by atomic mass is 10.2. The van der Waals surface area contributed by atoms with Crippen LogP contribution in [-0.4, -0.2) is 23.2 Å². The lowest BCUT2D eigenvalue weighted by Crippen LogP contribution is -2.29. The molecule has 0 aromatic carbocycles. The summed E-state index contributed by atoms with van der Waals surface area (Å²) in [6.07, 6.45) is 0.715. The van der Waals surface area contributed by atoms with Crippen molar-refractivity contribution in [1.29, 1.82) is 0 Å². The summed E-state index contributed by atoms with van der Waals surface area (Å²) in [5.41, 5.74) is 0.575. The third-order valence-electron chi connectivity index (χ3n) is 2.43. The molecular formula is C10H14N2O3. The highest BCUT2D eigenvalue weighted by Crippen LogP contribution is 2.27. The van der Waals surface area contributed by atoms with Crippen LogP contribution in [0.3, 0.4) is 0 Å². The number of hydrogen-bond acceptors (Lipinski definition) is 4. The molecule has 15 heavy (non-hydrogen) atoms. The molecule has 0 saturated carbocycles. The Balaban J connectivity index is 2.43. The van der Waals surface area contributed by atoms with Crippen LogP contribution in [0.15, 0.2) is 10.9 Å². The van der Waals surface area contributed by atoms with Gasteiger partial charge in [-0.25, -0.2) is 4.98 Å². The Hall–Kier alpha value is -1.20. The highest BCUT2D eigenvalue weighted by molar-refractivity contribution is 5.06. The molecule has 0 spiro atoms. The SMILES string of the molecule is CCc1cc(=O)[nH]c(C2(C)OCCO2)n1. The van der Waals surface area contributed by atoms with Crippen LogP contribution in [0.4, 0.5) is 0 Å². The van der Waals surface area contributed by atoms with Crippen LogP contribution in [0.25, 0.3) is 0 Å². The van der Waals surface area contributed by atoms with Crippen molar-refractivity contribution in [2.45, 2.75) is 26.1 Å². The second kappa shape index (κ2) is 3.75. The van der Waals surface area contributed by atoms with Gasteiger partial charge >= 0.3 is 0 Å². The normalized spacial score (nSPS) is 19.3. The molecule has 5 nitrogen and oxygen atoms in total. The molecule has 1 aromatic heterocycles. The van der Waals surface area contributed by atoms with Gasteiger partial charge in [0, 0.05) is 11.8 Å². The van der Waals surface area contributed by atoms with Crippen molar-refractivity contribution in [2.24, 2.45) is 0 Å². The number of ether oxygens (including phenoxy) is 2. The number of rotatable bonds is 2. The largest absolute Gasteiger partial charge is 0.341 e. The maximum atomic E-state index is 11.4. The highest BCUT2D eigenvalue weighted by Gasteiger charge is 2.35. The van der Waals surface area contributed by atoms with Crippen LogP contribution in [0, 0.1) is 0 Å². The first-order valence-electron chi connectivity index (χ1n) is 5.02. The third kappa shape index (κ3) is 1.93. The summed E-state index contributed by atoms with van der Waals surface area (Å²) in [7, 11) is 0. The number of H-pyrrole nitrogens is 1. The predicted molar refractivity (Wildman–Crippen MR) is 53.5 cm³/mol. The number of aromatic amines is 1. The van der Waals surface area contributed by atoms with Gasteiger partial charge in [0.1, 0.15) is 0 Å². The quantitative estimate of drug-likeness (QED) is 0.774. The van der Waals surface area contributed by atoms with E-state index in [9.17, 15) is 4.79 Å². The number of nitrogens with one attached hydrogen (secondary N) is 1. The van der Waals surface area contributed by atoms with Crippen LogP contribution in [0.5, 0.6) is 0 Å². The van der Waals surface area contributed by atoms with Crippen LogP contribution < -0.4 is 5.56 Å². The minimum atomic E-state index is -0.898. The number of hydrogen-bond donors (Lipinski definition) is 1. The Morgan fingerprint density at radius 1 is 1.53 bits per heavy atom. The molecule has 2 heterocycles. The topological polar surface area (TPSA) is 64.2 Å². The minimum Gasteiger partial charge on any atom is -0.341 e. The van der Waals surface area contributed by atoms with Gasteiger partial charge in [-0.1, -0.05) is 6.92 Å². The zero-order valence-electron chi connectivity index (χ0n) is 8.87. The first-order valence-corrected chi connectivity index (χ1v) is 5.02. The van der Waals surface area contributed by atoms with E-state index in [1.54, 1.807) is 6.92 Å². The lowest BCUT2D eigenvalue weighted by molar-refractivity contribution is -0.156. The molecule has 1 fully saturated rings. The Morgan fingerprint density at radius 3 is 2.80 bits per heavy atom. The van der Waals surface area contributed by atoms with Crippen molar-refractivity contribution < 1.29 is 9.47 Å². The van der Waals surface area contributed by atoms with Gasteiger partial charge in [-0.2, -0.15) is 0 Å². The Morgan fingerprint density at radius 2 is 2.20 bits per heavy atom. The molecule has 0 radical (unpaired) electrons. The fourth-order valence-electron chi connectivity index (χ4n) is 1.56. The van der Waals surface area contributed by atoms with E-state index in [2.05, 4.69) is 9.97 Å². The van der Waals surface area contributed by atoms with E-state index in [-0.39, 0.29) is 5.56 Å². The van der Waals surface area contributed by atoms with E-state index < -0.39 is 5.79 Å². The zero-order chi connectivity index (χ0) is 10.9. The molecule has 0 amide bonds. The molecule has 0 bridgehead atoms.